The third-order valence-corrected chi connectivity index (χ3v) is 6.18. The van der Waals surface area contributed by atoms with Gasteiger partial charge in [-0.2, -0.15) is 0 Å². The number of hydrogen-bond acceptors (Lipinski definition) is 1. The van der Waals surface area contributed by atoms with Gasteiger partial charge in [0, 0.05) is 19.6 Å². The highest BCUT2D eigenvalue weighted by Crippen LogP contribution is 2.22. The van der Waals surface area contributed by atoms with Gasteiger partial charge in [0.2, 0.25) is 0 Å². The average molecular weight is 354 g/mol. The van der Waals surface area contributed by atoms with E-state index in [4.69, 9.17) is 0 Å². The third kappa shape index (κ3) is 12.9. The van der Waals surface area contributed by atoms with Crippen molar-refractivity contribution in [2.45, 2.75) is 119 Å². The largest absolute Gasteiger partial charge is 0.303 e. The summed E-state index contributed by atoms with van der Waals surface area (Å²) in [5, 5.41) is 0. The Balaban J connectivity index is 4.80. The van der Waals surface area contributed by atoms with E-state index in [1.165, 1.54) is 96.7 Å². The monoisotopic (exact) mass is 353 g/mol. The molecule has 1 nitrogen and oxygen atoms in total. The Morgan fingerprint density at radius 1 is 0.480 bits per heavy atom. The number of rotatable bonds is 18. The van der Waals surface area contributed by atoms with Crippen LogP contribution in [0, 0.1) is 17.8 Å². The van der Waals surface area contributed by atoms with Crippen LogP contribution in [-0.4, -0.2) is 24.5 Å². The van der Waals surface area contributed by atoms with Gasteiger partial charge < -0.3 is 4.90 Å². The Hall–Kier alpha value is -0.0400. The predicted molar refractivity (Wildman–Crippen MR) is 116 cm³/mol. The fraction of sp³-hybridized carbons (Fsp3) is 1.00. The van der Waals surface area contributed by atoms with E-state index in [1.807, 2.05) is 0 Å². The molecule has 0 heterocycles. The fourth-order valence-corrected chi connectivity index (χ4v) is 4.07. The molecule has 0 aliphatic rings. The van der Waals surface area contributed by atoms with Gasteiger partial charge in [-0.15, -0.1) is 0 Å². The summed E-state index contributed by atoms with van der Waals surface area (Å²) in [4.78, 5) is 2.89. The van der Waals surface area contributed by atoms with Crippen molar-refractivity contribution < 1.29 is 0 Å². The minimum absolute atomic E-state index is 0.910. The molecule has 0 aliphatic heterocycles. The summed E-state index contributed by atoms with van der Waals surface area (Å²) >= 11 is 0. The molecule has 0 amide bonds. The van der Waals surface area contributed by atoms with Gasteiger partial charge in [0.15, 0.2) is 0 Å². The second-order valence-electron chi connectivity index (χ2n) is 8.47. The van der Waals surface area contributed by atoms with Crippen molar-refractivity contribution in [3.8, 4) is 0 Å². The van der Waals surface area contributed by atoms with Crippen molar-refractivity contribution in [3.63, 3.8) is 0 Å². The summed E-state index contributed by atoms with van der Waals surface area (Å²) in [5.74, 6) is 2.73. The Kier molecular flexibility index (Phi) is 17.3. The van der Waals surface area contributed by atoms with Crippen LogP contribution >= 0.6 is 0 Å². The highest BCUT2D eigenvalue weighted by atomic mass is 15.1. The predicted octanol–water partition coefficient (Wildman–Crippen LogP) is 7.94. The molecule has 0 unspecified atom stereocenters. The van der Waals surface area contributed by atoms with Crippen LogP contribution in [0.15, 0.2) is 0 Å². The molecule has 0 radical (unpaired) electrons. The second-order valence-corrected chi connectivity index (χ2v) is 8.47. The maximum Gasteiger partial charge on any atom is 0.000979 e. The van der Waals surface area contributed by atoms with E-state index < -0.39 is 0 Å². The topological polar surface area (TPSA) is 3.24 Å². The molecule has 0 spiro atoms. The Bertz CT molecular complexity index is 220. The average Bonchev–Trinajstić information content (AvgIpc) is 2.64. The molecule has 152 valence electrons. The summed E-state index contributed by atoms with van der Waals surface area (Å²) in [7, 11) is 0. The zero-order valence-corrected chi connectivity index (χ0v) is 18.8. The summed E-state index contributed by atoms with van der Waals surface area (Å²) < 4.78 is 0. The molecule has 0 aromatic heterocycles. The molecule has 0 bridgehead atoms. The quantitative estimate of drug-likeness (QED) is 0.242. The van der Waals surface area contributed by atoms with E-state index >= 15 is 0 Å². The zero-order valence-electron chi connectivity index (χ0n) is 18.8. The Morgan fingerprint density at radius 3 is 0.960 bits per heavy atom. The lowest BCUT2D eigenvalue weighted by Crippen LogP contribution is -2.37. The van der Waals surface area contributed by atoms with Crippen LogP contribution in [0.2, 0.25) is 0 Å². The Labute approximate surface area is 161 Å². The highest BCUT2D eigenvalue weighted by molar-refractivity contribution is 4.73. The molecule has 0 saturated heterocycles. The van der Waals surface area contributed by atoms with Crippen molar-refractivity contribution >= 4 is 0 Å². The van der Waals surface area contributed by atoms with E-state index in [0.717, 1.165) is 17.8 Å². The third-order valence-electron chi connectivity index (χ3n) is 6.18. The van der Waals surface area contributed by atoms with Gasteiger partial charge in [0.1, 0.15) is 0 Å². The van der Waals surface area contributed by atoms with Crippen LogP contribution in [0.4, 0.5) is 0 Å². The van der Waals surface area contributed by atoms with Crippen LogP contribution in [0.5, 0.6) is 0 Å². The smallest absolute Gasteiger partial charge is 0.000979 e. The first kappa shape index (κ1) is 25.0. The van der Waals surface area contributed by atoms with Crippen molar-refractivity contribution in [1.82, 2.24) is 4.90 Å². The summed E-state index contributed by atoms with van der Waals surface area (Å²) in [6, 6.07) is 0. The second kappa shape index (κ2) is 17.4. The van der Waals surface area contributed by atoms with Gasteiger partial charge in [-0.3, -0.25) is 0 Å². The number of hydrogen-bond donors (Lipinski definition) is 0. The minimum atomic E-state index is 0.910. The molecule has 0 aromatic rings. The van der Waals surface area contributed by atoms with Gasteiger partial charge in [0.05, 0.1) is 0 Å². The standard InChI is InChI=1S/C24H51N/c1-7-13-16-22(10-4)19-25(20-23(11-5)17-14-8-2)21-24(12-6)18-15-9-3/h22-24H,7-21H2,1-6H3/t22-,23-,24+/m1/s1. The number of nitrogens with zero attached hydrogens (tertiary/aromatic N) is 1. The maximum absolute atomic E-state index is 2.89. The van der Waals surface area contributed by atoms with Gasteiger partial charge in [-0.25, -0.2) is 0 Å². The summed E-state index contributed by atoms with van der Waals surface area (Å²) in [6.45, 7) is 18.3. The first-order valence-corrected chi connectivity index (χ1v) is 11.9. The molecule has 0 aromatic carbocycles. The first-order valence-electron chi connectivity index (χ1n) is 11.9. The van der Waals surface area contributed by atoms with E-state index in [0.29, 0.717) is 0 Å². The lowest BCUT2D eigenvalue weighted by molar-refractivity contribution is 0.152. The van der Waals surface area contributed by atoms with Crippen LogP contribution in [-0.2, 0) is 0 Å². The van der Waals surface area contributed by atoms with Gasteiger partial charge in [0.25, 0.3) is 0 Å². The van der Waals surface area contributed by atoms with E-state index in [1.54, 1.807) is 0 Å². The molecular formula is C24H51N. The van der Waals surface area contributed by atoms with Crippen LogP contribution in [0.1, 0.15) is 119 Å². The summed E-state index contributed by atoms with van der Waals surface area (Å²) in [5.41, 5.74) is 0. The van der Waals surface area contributed by atoms with Crippen LogP contribution < -0.4 is 0 Å². The Morgan fingerprint density at radius 2 is 0.760 bits per heavy atom. The van der Waals surface area contributed by atoms with Gasteiger partial charge >= 0.3 is 0 Å². The van der Waals surface area contributed by atoms with Crippen LogP contribution in [0.3, 0.4) is 0 Å². The molecule has 0 aliphatic carbocycles. The van der Waals surface area contributed by atoms with Gasteiger partial charge in [-0.05, 0) is 37.0 Å². The maximum atomic E-state index is 2.89. The summed E-state index contributed by atoms with van der Waals surface area (Å²) in [6.07, 6.45) is 16.6. The van der Waals surface area contributed by atoms with Crippen LogP contribution in [0.25, 0.3) is 0 Å². The fourth-order valence-electron chi connectivity index (χ4n) is 4.07. The molecule has 0 N–H and O–H groups in total. The van der Waals surface area contributed by atoms with E-state index in [2.05, 4.69) is 46.4 Å². The molecule has 25 heavy (non-hydrogen) atoms. The lowest BCUT2D eigenvalue weighted by atomic mass is 9.93. The van der Waals surface area contributed by atoms with Crippen molar-refractivity contribution in [2.75, 3.05) is 19.6 Å². The zero-order chi connectivity index (χ0) is 18.9. The minimum Gasteiger partial charge on any atom is -0.303 e. The molecule has 0 rings (SSSR count). The molecule has 1 heteroatoms. The molecule has 3 atom stereocenters. The SMILES string of the molecule is CCCC[C@@H](CC)CN(C[C@H](CC)CCCC)C[C@@H](CC)CCCC. The molecule has 0 fully saturated rings. The van der Waals surface area contributed by atoms with Crippen molar-refractivity contribution in [3.05, 3.63) is 0 Å². The van der Waals surface area contributed by atoms with Gasteiger partial charge in [-0.1, -0.05) is 99.3 Å². The van der Waals surface area contributed by atoms with E-state index in [-0.39, 0.29) is 0 Å². The molecule has 0 saturated carbocycles. The lowest BCUT2D eigenvalue weighted by Gasteiger charge is -2.33. The van der Waals surface area contributed by atoms with Crippen molar-refractivity contribution in [1.29, 1.82) is 0 Å². The number of unbranched alkanes of at least 4 members (excludes halogenated alkanes) is 3. The first-order chi connectivity index (χ1) is 12.1. The van der Waals surface area contributed by atoms with Crippen molar-refractivity contribution in [2.24, 2.45) is 17.8 Å². The van der Waals surface area contributed by atoms with E-state index in [9.17, 15) is 0 Å². The highest BCUT2D eigenvalue weighted by Gasteiger charge is 2.19. The molecular weight excluding hydrogens is 302 g/mol. The normalized spacial score (nSPS) is 15.5.